The lowest BCUT2D eigenvalue weighted by atomic mass is 10.1. The maximum atomic E-state index is 5.70. The normalized spacial score (nSPS) is 9.80. The molecule has 0 saturated heterocycles. The average Bonchev–Trinajstić information content (AvgIpc) is 1.88. The van der Waals surface area contributed by atoms with E-state index in [-0.39, 0.29) is 0 Å². The van der Waals surface area contributed by atoms with Crippen LogP contribution in [0.15, 0.2) is 18.2 Å². The summed E-state index contributed by atoms with van der Waals surface area (Å²) in [6.07, 6.45) is 0. The molecule has 1 nitrogen and oxygen atoms in total. The lowest BCUT2D eigenvalue weighted by Crippen LogP contribution is -1.93. The summed E-state index contributed by atoms with van der Waals surface area (Å²) in [5.41, 5.74) is 9.02. The van der Waals surface area contributed by atoms with Gasteiger partial charge in [0.05, 0.1) is 0 Å². The zero-order valence-electron chi connectivity index (χ0n) is 5.89. The molecule has 1 aromatic rings. The second-order valence-corrected chi connectivity index (χ2v) is 2.84. The maximum Gasteiger partial charge on any atom is 0.0357 e. The third-order valence-corrected chi connectivity index (χ3v) is 2.14. The molecule has 0 bridgehead atoms. The monoisotopic (exact) mass is 199 g/mol. The number of nitrogen functional groups attached to an aromatic ring is 1. The molecule has 0 atom stereocenters. The molecule has 0 saturated carbocycles. The van der Waals surface area contributed by atoms with E-state index in [0.717, 1.165) is 11.0 Å². The molecule has 54 valence electrons. The molecule has 2 N–H and O–H groups in total. The highest BCUT2D eigenvalue weighted by Crippen LogP contribution is 2.18. The Morgan fingerprint density at radius 1 is 1.50 bits per heavy atom. The summed E-state index contributed by atoms with van der Waals surface area (Å²) in [6.45, 7) is 2.06. The van der Waals surface area contributed by atoms with E-state index in [4.69, 9.17) is 5.73 Å². The summed E-state index contributed by atoms with van der Waals surface area (Å²) in [4.78, 5) is 0. The SMILES string of the molecule is Cc1cccc(N)c1CBr. The van der Waals surface area contributed by atoms with Crippen molar-refractivity contribution in [2.24, 2.45) is 0 Å². The first-order valence-corrected chi connectivity index (χ1v) is 4.27. The van der Waals surface area contributed by atoms with Crippen LogP contribution in [0.1, 0.15) is 11.1 Å². The molecular formula is C8H10BrN. The predicted octanol–water partition coefficient (Wildman–Crippen LogP) is 2.47. The first-order valence-electron chi connectivity index (χ1n) is 3.15. The molecule has 0 aliphatic carbocycles. The van der Waals surface area contributed by atoms with Crippen molar-refractivity contribution in [3.05, 3.63) is 29.3 Å². The van der Waals surface area contributed by atoms with Crippen LogP contribution in [0.25, 0.3) is 0 Å². The maximum absolute atomic E-state index is 5.70. The van der Waals surface area contributed by atoms with Crippen LogP contribution in [0.3, 0.4) is 0 Å². The fraction of sp³-hybridized carbons (Fsp3) is 0.250. The quantitative estimate of drug-likeness (QED) is 0.546. The summed E-state index contributed by atoms with van der Waals surface area (Å²) in [7, 11) is 0. The summed E-state index contributed by atoms with van der Waals surface area (Å²) in [6, 6.07) is 5.95. The molecular weight excluding hydrogens is 190 g/mol. The lowest BCUT2D eigenvalue weighted by molar-refractivity contribution is 1.33. The third kappa shape index (κ3) is 1.32. The first-order chi connectivity index (χ1) is 4.75. The molecule has 0 radical (unpaired) electrons. The van der Waals surface area contributed by atoms with Gasteiger partial charge in [-0.1, -0.05) is 28.1 Å². The standard InChI is InChI=1S/C8H10BrN/c1-6-3-2-4-8(10)7(6)5-9/h2-4H,5,10H2,1H3. The van der Waals surface area contributed by atoms with Gasteiger partial charge in [0.25, 0.3) is 0 Å². The van der Waals surface area contributed by atoms with Gasteiger partial charge in [0.2, 0.25) is 0 Å². The fourth-order valence-electron chi connectivity index (χ4n) is 0.908. The van der Waals surface area contributed by atoms with Crippen molar-refractivity contribution in [2.75, 3.05) is 5.73 Å². The Morgan fingerprint density at radius 3 is 2.60 bits per heavy atom. The molecule has 0 heterocycles. The number of nitrogens with two attached hydrogens (primary N) is 1. The van der Waals surface area contributed by atoms with Gasteiger partial charge in [-0.05, 0) is 24.1 Å². The van der Waals surface area contributed by atoms with Crippen molar-refractivity contribution >= 4 is 21.6 Å². The average molecular weight is 200 g/mol. The van der Waals surface area contributed by atoms with Gasteiger partial charge in [-0.25, -0.2) is 0 Å². The minimum atomic E-state index is 0.839. The van der Waals surface area contributed by atoms with E-state index in [0.29, 0.717) is 0 Å². The number of halogens is 1. The summed E-state index contributed by atoms with van der Waals surface area (Å²) >= 11 is 3.38. The Hall–Kier alpha value is -0.500. The van der Waals surface area contributed by atoms with Crippen LogP contribution >= 0.6 is 15.9 Å². The summed E-state index contributed by atoms with van der Waals surface area (Å²) in [5.74, 6) is 0. The van der Waals surface area contributed by atoms with Crippen molar-refractivity contribution in [3.8, 4) is 0 Å². The zero-order valence-corrected chi connectivity index (χ0v) is 7.48. The number of aryl methyl sites for hydroxylation is 1. The highest BCUT2D eigenvalue weighted by atomic mass is 79.9. The molecule has 1 rings (SSSR count). The smallest absolute Gasteiger partial charge is 0.0357 e. The first kappa shape index (κ1) is 7.61. The molecule has 1 aromatic carbocycles. The molecule has 0 amide bonds. The molecule has 10 heavy (non-hydrogen) atoms. The van der Waals surface area contributed by atoms with Gasteiger partial charge >= 0.3 is 0 Å². The van der Waals surface area contributed by atoms with Gasteiger partial charge in [-0.2, -0.15) is 0 Å². The molecule has 0 fully saturated rings. The van der Waals surface area contributed by atoms with Crippen molar-refractivity contribution in [2.45, 2.75) is 12.3 Å². The number of hydrogen-bond donors (Lipinski definition) is 1. The van der Waals surface area contributed by atoms with Gasteiger partial charge in [0, 0.05) is 11.0 Å². The predicted molar refractivity (Wildman–Crippen MR) is 48.2 cm³/mol. The Kier molecular flexibility index (Phi) is 2.33. The van der Waals surface area contributed by atoms with Crippen LogP contribution in [0.2, 0.25) is 0 Å². The van der Waals surface area contributed by atoms with Gasteiger partial charge in [-0.3, -0.25) is 0 Å². The zero-order chi connectivity index (χ0) is 7.56. The molecule has 2 heteroatoms. The van der Waals surface area contributed by atoms with Gasteiger partial charge in [-0.15, -0.1) is 0 Å². The van der Waals surface area contributed by atoms with Crippen LogP contribution in [0.5, 0.6) is 0 Å². The van der Waals surface area contributed by atoms with Crippen molar-refractivity contribution in [1.29, 1.82) is 0 Å². The van der Waals surface area contributed by atoms with Crippen LogP contribution in [-0.2, 0) is 5.33 Å². The minimum absolute atomic E-state index is 0.839. The summed E-state index contributed by atoms with van der Waals surface area (Å²) < 4.78 is 0. The Balaban J connectivity index is 3.17. The number of alkyl halides is 1. The van der Waals surface area contributed by atoms with Crippen molar-refractivity contribution < 1.29 is 0 Å². The van der Waals surface area contributed by atoms with E-state index < -0.39 is 0 Å². The highest BCUT2D eigenvalue weighted by molar-refractivity contribution is 9.08. The Labute approximate surface area is 69.4 Å². The molecule has 0 aromatic heterocycles. The minimum Gasteiger partial charge on any atom is -0.398 e. The van der Waals surface area contributed by atoms with Crippen LogP contribution < -0.4 is 5.73 Å². The second-order valence-electron chi connectivity index (χ2n) is 2.28. The van der Waals surface area contributed by atoms with Crippen molar-refractivity contribution in [3.63, 3.8) is 0 Å². The van der Waals surface area contributed by atoms with Crippen molar-refractivity contribution in [1.82, 2.24) is 0 Å². The summed E-state index contributed by atoms with van der Waals surface area (Å²) in [5, 5.41) is 0.839. The van der Waals surface area contributed by atoms with E-state index in [2.05, 4.69) is 28.9 Å². The van der Waals surface area contributed by atoms with E-state index >= 15 is 0 Å². The van der Waals surface area contributed by atoms with Crippen LogP contribution in [0.4, 0.5) is 5.69 Å². The highest BCUT2D eigenvalue weighted by Gasteiger charge is 1.98. The van der Waals surface area contributed by atoms with E-state index in [1.54, 1.807) is 0 Å². The number of anilines is 1. The topological polar surface area (TPSA) is 26.0 Å². The third-order valence-electron chi connectivity index (χ3n) is 1.58. The Bertz CT molecular complexity index is 212. The Morgan fingerprint density at radius 2 is 2.20 bits per heavy atom. The number of benzene rings is 1. The van der Waals surface area contributed by atoms with E-state index in [9.17, 15) is 0 Å². The lowest BCUT2D eigenvalue weighted by Gasteiger charge is -2.03. The fourth-order valence-corrected chi connectivity index (χ4v) is 1.67. The second kappa shape index (κ2) is 3.06. The van der Waals surface area contributed by atoms with E-state index in [1.807, 2.05) is 12.1 Å². The van der Waals surface area contributed by atoms with Gasteiger partial charge < -0.3 is 5.73 Å². The molecule has 0 aliphatic rings. The number of rotatable bonds is 1. The van der Waals surface area contributed by atoms with E-state index in [1.165, 1.54) is 11.1 Å². The van der Waals surface area contributed by atoms with Gasteiger partial charge in [0.1, 0.15) is 0 Å². The van der Waals surface area contributed by atoms with Gasteiger partial charge in [0.15, 0.2) is 0 Å². The molecule has 0 aliphatic heterocycles. The van der Waals surface area contributed by atoms with Crippen LogP contribution in [0, 0.1) is 6.92 Å². The molecule has 0 spiro atoms. The van der Waals surface area contributed by atoms with Crippen LogP contribution in [-0.4, -0.2) is 0 Å². The molecule has 0 unspecified atom stereocenters. The number of hydrogen-bond acceptors (Lipinski definition) is 1. The largest absolute Gasteiger partial charge is 0.398 e.